The molecule has 0 spiro atoms. The first-order valence-corrected chi connectivity index (χ1v) is 3.54. The molecular formula is C8H11O3. The SMILES string of the molecule is [CH2]c1oc(=O)oc1CC(C)C. The number of hydrogen-bond acceptors (Lipinski definition) is 3. The highest BCUT2D eigenvalue weighted by molar-refractivity contribution is 5.06. The Morgan fingerprint density at radius 1 is 1.45 bits per heavy atom. The number of hydrogen-bond donors (Lipinski definition) is 0. The van der Waals surface area contributed by atoms with Crippen LogP contribution in [-0.2, 0) is 6.42 Å². The summed E-state index contributed by atoms with van der Waals surface area (Å²) in [6.07, 6.45) is 0.699. The van der Waals surface area contributed by atoms with E-state index < -0.39 is 5.82 Å². The Bertz CT molecular complexity index is 280. The molecule has 11 heavy (non-hydrogen) atoms. The molecule has 61 valence electrons. The van der Waals surface area contributed by atoms with E-state index in [4.69, 9.17) is 4.42 Å². The monoisotopic (exact) mass is 155 g/mol. The molecule has 1 radical (unpaired) electrons. The van der Waals surface area contributed by atoms with Crippen LogP contribution in [0.1, 0.15) is 25.4 Å². The molecule has 1 aromatic heterocycles. The first-order chi connectivity index (χ1) is 5.09. The molecule has 3 nitrogen and oxygen atoms in total. The standard InChI is InChI=1S/C8H11O3/c1-5(2)4-7-6(3)10-8(9)11-7/h5H,3-4H2,1-2H3. The van der Waals surface area contributed by atoms with E-state index in [1.54, 1.807) is 0 Å². The summed E-state index contributed by atoms with van der Waals surface area (Å²) in [5.74, 6) is 0.690. The van der Waals surface area contributed by atoms with Crippen molar-refractivity contribution in [3.05, 3.63) is 29.1 Å². The van der Waals surface area contributed by atoms with Crippen molar-refractivity contribution in [2.24, 2.45) is 5.92 Å². The van der Waals surface area contributed by atoms with Crippen molar-refractivity contribution < 1.29 is 8.83 Å². The fourth-order valence-electron chi connectivity index (χ4n) is 0.862. The first-order valence-electron chi connectivity index (χ1n) is 3.54. The maximum absolute atomic E-state index is 10.5. The van der Waals surface area contributed by atoms with Crippen LogP contribution in [-0.4, -0.2) is 0 Å². The van der Waals surface area contributed by atoms with E-state index in [-0.39, 0.29) is 0 Å². The lowest BCUT2D eigenvalue weighted by atomic mass is 10.1. The van der Waals surface area contributed by atoms with Crippen molar-refractivity contribution in [2.45, 2.75) is 20.3 Å². The lowest BCUT2D eigenvalue weighted by Crippen LogP contribution is -1.94. The van der Waals surface area contributed by atoms with Gasteiger partial charge in [0, 0.05) is 13.3 Å². The Kier molecular flexibility index (Phi) is 2.17. The van der Waals surface area contributed by atoms with Crippen LogP contribution in [0.3, 0.4) is 0 Å². The maximum atomic E-state index is 10.5. The van der Waals surface area contributed by atoms with Gasteiger partial charge in [-0.2, -0.15) is 0 Å². The normalized spacial score (nSPS) is 10.9. The fraction of sp³-hybridized carbons (Fsp3) is 0.500. The van der Waals surface area contributed by atoms with Crippen molar-refractivity contribution in [3.63, 3.8) is 0 Å². The summed E-state index contributed by atoms with van der Waals surface area (Å²) < 4.78 is 9.32. The van der Waals surface area contributed by atoms with E-state index >= 15 is 0 Å². The van der Waals surface area contributed by atoms with Crippen LogP contribution in [0.15, 0.2) is 13.6 Å². The Hall–Kier alpha value is -0.990. The molecule has 1 rings (SSSR count). The minimum Gasteiger partial charge on any atom is -0.396 e. The smallest absolute Gasteiger partial charge is 0.396 e. The van der Waals surface area contributed by atoms with Crippen LogP contribution in [0.25, 0.3) is 0 Å². The molecule has 0 aliphatic carbocycles. The molecule has 0 saturated carbocycles. The van der Waals surface area contributed by atoms with Gasteiger partial charge >= 0.3 is 5.82 Å². The summed E-state index contributed by atoms with van der Waals surface area (Å²) in [4.78, 5) is 10.5. The highest BCUT2D eigenvalue weighted by atomic mass is 16.6. The molecule has 0 unspecified atom stereocenters. The van der Waals surface area contributed by atoms with Gasteiger partial charge in [-0.05, 0) is 5.92 Å². The third-order valence-corrected chi connectivity index (χ3v) is 1.32. The topological polar surface area (TPSA) is 43.4 Å². The predicted octanol–water partition coefficient (Wildman–Crippen LogP) is 1.61. The van der Waals surface area contributed by atoms with E-state index in [1.165, 1.54) is 0 Å². The van der Waals surface area contributed by atoms with E-state index in [2.05, 4.69) is 11.3 Å². The minimum atomic E-state index is -0.661. The van der Waals surface area contributed by atoms with Gasteiger partial charge in [0.2, 0.25) is 0 Å². The third-order valence-electron chi connectivity index (χ3n) is 1.32. The van der Waals surface area contributed by atoms with Crippen molar-refractivity contribution in [2.75, 3.05) is 0 Å². The summed E-state index contributed by atoms with van der Waals surface area (Å²) >= 11 is 0. The molecule has 1 heterocycles. The van der Waals surface area contributed by atoms with E-state index in [9.17, 15) is 4.79 Å². The summed E-state index contributed by atoms with van der Waals surface area (Å²) in [5.41, 5.74) is 0. The van der Waals surface area contributed by atoms with Crippen LogP contribution >= 0.6 is 0 Å². The molecule has 0 bridgehead atoms. The molecule has 0 fully saturated rings. The largest absolute Gasteiger partial charge is 0.519 e. The first kappa shape index (κ1) is 8.11. The van der Waals surface area contributed by atoms with E-state index in [1.807, 2.05) is 13.8 Å². The molecular weight excluding hydrogens is 144 g/mol. The summed E-state index contributed by atoms with van der Waals surface area (Å²) in [5, 5.41) is 0. The Morgan fingerprint density at radius 3 is 2.45 bits per heavy atom. The number of rotatable bonds is 2. The van der Waals surface area contributed by atoms with Gasteiger partial charge in [-0.25, -0.2) is 4.79 Å². The average Bonchev–Trinajstić information content (AvgIpc) is 2.09. The zero-order valence-electron chi connectivity index (χ0n) is 6.72. The van der Waals surface area contributed by atoms with Crippen LogP contribution < -0.4 is 5.82 Å². The van der Waals surface area contributed by atoms with Crippen LogP contribution in [0.2, 0.25) is 0 Å². The van der Waals surface area contributed by atoms with E-state index in [0.717, 1.165) is 0 Å². The molecule has 0 aromatic carbocycles. The highest BCUT2D eigenvalue weighted by Gasteiger charge is 2.09. The zero-order chi connectivity index (χ0) is 8.43. The second-order valence-corrected chi connectivity index (χ2v) is 2.90. The van der Waals surface area contributed by atoms with Crippen LogP contribution in [0.5, 0.6) is 0 Å². The minimum absolute atomic E-state index is 0.351. The summed E-state index contributed by atoms with van der Waals surface area (Å²) in [6.45, 7) is 7.60. The Morgan fingerprint density at radius 2 is 2.09 bits per heavy atom. The molecule has 1 aromatic rings. The molecule has 0 atom stereocenters. The third kappa shape index (κ3) is 1.97. The zero-order valence-corrected chi connectivity index (χ0v) is 6.72. The second-order valence-electron chi connectivity index (χ2n) is 2.90. The van der Waals surface area contributed by atoms with Gasteiger partial charge in [0.05, 0.1) is 0 Å². The summed E-state index contributed by atoms with van der Waals surface area (Å²) in [6, 6.07) is 0. The van der Waals surface area contributed by atoms with E-state index in [0.29, 0.717) is 23.9 Å². The molecule has 0 aliphatic heterocycles. The highest BCUT2D eigenvalue weighted by Crippen LogP contribution is 2.10. The van der Waals surface area contributed by atoms with Crippen molar-refractivity contribution in [3.8, 4) is 0 Å². The molecule has 0 aliphatic rings. The van der Waals surface area contributed by atoms with Gasteiger partial charge in [0.15, 0.2) is 5.76 Å². The maximum Gasteiger partial charge on any atom is 0.519 e. The molecule has 0 saturated heterocycles. The van der Waals surface area contributed by atoms with Crippen molar-refractivity contribution >= 4 is 0 Å². The second kappa shape index (κ2) is 2.95. The Balaban J connectivity index is 2.86. The molecule has 3 heteroatoms. The molecule has 0 N–H and O–H groups in total. The van der Waals surface area contributed by atoms with Crippen LogP contribution in [0.4, 0.5) is 0 Å². The van der Waals surface area contributed by atoms with Gasteiger partial charge in [-0.1, -0.05) is 13.8 Å². The quantitative estimate of drug-likeness (QED) is 0.651. The van der Waals surface area contributed by atoms with Gasteiger partial charge < -0.3 is 8.83 Å². The Labute approximate surface area is 65.0 Å². The average molecular weight is 155 g/mol. The molecule has 0 amide bonds. The lowest BCUT2D eigenvalue weighted by Gasteiger charge is -1.98. The lowest BCUT2D eigenvalue weighted by molar-refractivity contribution is 0.366. The van der Waals surface area contributed by atoms with Gasteiger partial charge in [-0.3, -0.25) is 0 Å². The van der Waals surface area contributed by atoms with Gasteiger partial charge in [-0.15, -0.1) is 0 Å². The predicted molar refractivity (Wildman–Crippen MR) is 40.2 cm³/mol. The van der Waals surface area contributed by atoms with Crippen molar-refractivity contribution in [1.29, 1.82) is 0 Å². The summed E-state index contributed by atoms with van der Waals surface area (Å²) in [7, 11) is 0. The van der Waals surface area contributed by atoms with Crippen molar-refractivity contribution in [1.82, 2.24) is 0 Å². The van der Waals surface area contributed by atoms with Gasteiger partial charge in [0.25, 0.3) is 0 Å². The van der Waals surface area contributed by atoms with Gasteiger partial charge in [0.1, 0.15) is 5.76 Å². The fourth-order valence-corrected chi connectivity index (χ4v) is 0.862. The van der Waals surface area contributed by atoms with Crippen LogP contribution in [0, 0.1) is 12.8 Å².